The number of amides is 2. The number of alkyl halides is 3. The van der Waals surface area contributed by atoms with Gasteiger partial charge >= 0.3 is 12.5 Å². The van der Waals surface area contributed by atoms with Crippen LogP contribution in [0.15, 0.2) is 42.5 Å². The number of ether oxygens (including phenoxy) is 1. The van der Waals surface area contributed by atoms with Crippen molar-refractivity contribution in [1.82, 2.24) is 4.90 Å². The number of anilines is 1. The minimum absolute atomic E-state index is 0.00101. The second-order valence-corrected chi connectivity index (χ2v) is 8.32. The number of nitrogens with zero attached hydrogens (tertiary/aromatic N) is 2. The molecule has 1 N–H and O–H groups in total. The monoisotopic (exact) mass is 492 g/mol. The lowest BCUT2D eigenvalue weighted by atomic mass is 10.0. The van der Waals surface area contributed by atoms with E-state index in [0.29, 0.717) is 31.4 Å². The van der Waals surface area contributed by atoms with Gasteiger partial charge in [-0.15, -0.1) is 13.2 Å². The van der Waals surface area contributed by atoms with E-state index in [4.69, 9.17) is 0 Å². The van der Waals surface area contributed by atoms with Crippen molar-refractivity contribution < 1.29 is 37.4 Å². The number of Topliss-reactive ketones (excluding diaryl/α,β-unsaturated/α-hetero) is 1. The molecule has 3 rings (SSSR count). The standard InChI is InChI=1S/C25H27F3N2O5/c1-17(31)30-15-12-19-16-20(9-10-21(19)30)22(32)7-4-5-13-29(24(33)34)14-11-18-6-2-3-8-23(18)35-25(26,27)28/h2-3,6,8-10,16H,4-5,7,11-15H2,1H3,(H,33,34). The topological polar surface area (TPSA) is 87.2 Å². The largest absolute Gasteiger partial charge is 0.573 e. The van der Waals surface area contributed by atoms with Crippen molar-refractivity contribution in [2.45, 2.75) is 45.4 Å². The first-order chi connectivity index (χ1) is 16.5. The van der Waals surface area contributed by atoms with Crippen LogP contribution in [0.1, 0.15) is 47.7 Å². The summed E-state index contributed by atoms with van der Waals surface area (Å²) in [7, 11) is 0. The number of benzene rings is 2. The molecule has 0 atom stereocenters. The van der Waals surface area contributed by atoms with Gasteiger partial charge < -0.3 is 19.6 Å². The molecule has 1 aliphatic heterocycles. The van der Waals surface area contributed by atoms with Gasteiger partial charge in [0.1, 0.15) is 5.75 Å². The summed E-state index contributed by atoms with van der Waals surface area (Å²) in [6.07, 6.45) is -4.12. The second kappa shape index (κ2) is 11.2. The fraction of sp³-hybridized carbons (Fsp3) is 0.400. The number of ketones is 1. The van der Waals surface area contributed by atoms with Gasteiger partial charge in [0.25, 0.3) is 0 Å². The van der Waals surface area contributed by atoms with E-state index in [0.717, 1.165) is 16.2 Å². The van der Waals surface area contributed by atoms with Crippen molar-refractivity contribution in [3.8, 4) is 5.75 Å². The maximum absolute atomic E-state index is 12.6. The van der Waals surface area contributed by atoms with Gasteiger partial charge in [-0.3, -0.25) is 9.59 Å². The second-order valence-electron chi connectivity index (χ2n) is 8.32. The van der Waals surface area contributed by atoms with Crippen LogP contribution in [-0.4, -0.2) is 53.8 Å². The maximum atomic E-state index is 12.6. The molecule has 0 saturated heterocycles. The van der Waals surface area contributed by atoms with E-state index in [9.17, 15) is 32.7 Å². The van der Waals surface area contributed by atoms with Crippen LogP contribution < -0.4 is 9.64 Å². The van der Waals surface area contributed by atoms with Crippen molar-refractivity contribution in [3.63, 3.8) is 0 Å². The van der Waals surface area contributed by atoms with Crippen molar-refractivity contribution in [2.24, 2.45) is 0 Å². The number of hydrogen-bond acceptors (Lipinski definition) is 4. The minimum atomic E-state index is -4.83. The Morgan fingerprint density at radius 1 is 1.09 bits per heavy atom. The number of para-hydroxylation sites is 1. The van der Waals surface area contributed by atoms with Crippen LogP contribution in [0.25, 0.3) is 0 Å². The van der Waals surface area contributed by atoms with E-state index in [-0.39, 0.29) is 48.9 Å². The van der Waals surface area contributed by atoms with Crippen molar-refractivity contribution in [1.29, 1.82) is 0 Å². The summed E-state index contributed by atoms with van der Waals surface area (Å²) in [6.45, 7) is 2.26. The van der Waals surface area contributed by atoms with Crippen LogP contribution in [0.2, 0.25) is 0 Å². The Hall–Kier alpha value is -3.56. The zero-order valence-corrected chi connectivity index (χ0v) is 19.3. The Balaban J connectivity index is 1.49. The van der Waals surface area contributed by atoms with E-state index in [1.54, 1.807) is 23.1 Å². The number of fused-ring (bicyclic) bond motifs is 1. The number of unbranched alkanes of at least 4 members (excludes halogenated alkanes) is 1. The van der Waals surface area contributed by atoms with Gasteiger partial charge in [-0.25, -0.2) is 4.79 Å². The predicted octanol–water partition coefficient (Wildman–Crippen LogP) is 5.07. The van der Waals surface area contributed by atoms with Crippen LogP contribution in [0.4, 0.5) is 23.7 Å². The third-order valence-corrected chi connectivity index (χ3v) is 5.88. The minimum Gasteiger partial charge on any atom is -0.465 e. The molecule has 0 aromatic heterocycles. The number of carbonyl (C=O) groups excluding carboxylic acids is 2. The zero-order chi connectivity index (χ0) is 25.6. The lowest BCUT2D eigenvalue weighted by molar-refractivity contribution is -0.274. The van der Waals surface area contributed by atoms with Crippen molar-refractivity contribution in [3.05, 3.63) is 59.2 Å². The van der Waals surface area contributed by atoms with Gasteiger partial charge in [0, 0.05) is 44.2 Å². The Morgan fingerprint density at radius 3 is 2.51 bits per heavy atom. The molecule has 188 valence electrons. The van der Waals surface area contributed by atoms with Crippen LogP contribution in [-0.2, 0) is 17.6 Å². The fourth-order valence-electron chi connectivity index (χ4n) is 4.13. The molecule has 0 spiro atoms. The smallest absolute Gasteiger partial charge is 0.465 e. The van der Waals surface area contributed by atoms with Crippen LogP contribution in [0.5, 0.6) is 5.75 Å². The summed E-state index contributed by atoms with van der Waals surface area (Å²) in [6, 6.07) is 10.9. The van der Waals surface area contributed by atoms with Crippen LogP contribution in [0.3, 0.4) is 0 Å². The molecule has 0 unspecified atom stereocenters. The SMILES string of the molecule is CC(=O)N1CCc2cc(C(=O)CCCCN(CCc3ccccc3OC(F)(F)F)C(=O)O)ccc21. The maximum Gasteiger partial charge on any atom is 0.573 e. The number of halogens is 3. The zero-order valence-electron chi connectivity index (χ0n) is 19.3. The van der Waals surface area contributed by atoms with Crippen molar-refractivity contribution in [2.75, 3.05) is 24.5 Å². The lowest BCUT2D eigenvalue weighted by Gasteiger charge is -2.20. The molecule has 2 aromatic rings. The summed E-state index contributed by atoms with van der Waals surface area (Å²) in [5.74, 6) is -0.451. The van der Waals surface area contributed by atoms with E-state index < -0.39 is 12.5 Å². The third-order valence-electron chi connectivity index (χ3n) is 5.88. The molecule has 0 aliphatic carbocycles. The van der Waals surface area contributed by atoms with Crippen LogP contribution >= 0.6 is 0 Å². The number of rotatable bonds is 10. The van der Waals surface area contributed by atoms with E-state index in [1.807, 2.05) is 6.07 Å². The van der Waals surface area contributed by atoms with Gasteiger partial charge in [-0.05, 0) is 61.1 Å². The average molecular weight is 492 g/mol. The van der Waals surface area contributed by atoms with E-state index >= 15 is 0 Å². The van der Waals surface area contributed by atoms with E-state index in [2.05, 4.69) is 4.74 Å². The Kier molecular flexibility index (Phi) is 8.37. The number of carbonyl (C=O) groups is 3. The molecule has 2 amide bonds. The molecular formula is C25H27F3N2O5. The van der Waals surface area contributed by atoms with Gasteiger partial charge in [0.05, 0.1) is 0 Å². The number of carboxylic acid groups (broad SMARTS) is 1. The molecule has 0 bridgehead atoms. The van der Waals surface area contributed by atoms with E-state index in [1.165, 1.54) is 25.1 Å². The molecule has 7 nitrogen and oxygen atoms in total. The Morgan fingerprint density at radius 2 is 1.83 bits per heavy atom. The average Bonchev–Trinajstić information content (AvgIpc) is 3.21. The summed E-state index contributed by atoms with van der Waals surface area (Å²) in [5, 5.41) is 9.46. The summed E-state index contributed by atoms with van der Waals surface area (Å²) in [4.78, 5) is 38.6. The highest BCUT2D eigenvalue weighted by atomic mass is 19.4. The highest BCUT2D eigenvalue weighted by Gasteiger charge is 2.32. The van der Waals surface area contributed by atoms with Gasteiger partial charge in [-0.2, -0.15) is 0 Å². The molecule has 0 fully saturated rings. The van der Waals surface area contributed by atoms with Crippen molar-refractivity contribution >= 4 is 23.5 Å². The highest BCUT2D eigenvalue weighted by Crippen LogP contribution is 2.29. The van der Waals surface area contributed by atoms with Gasteiger partial charge in [0.2, 0.25) is 5.91 Å². The number of hydrogen-bond donors (Lipinski definition) is 1. The molecule has 2 aromatic carbocycles. The van der Waals surface area contributed by atoms with Gasteiger partial charge in [0.15, 0.2) is 5.78 Å². The quantitative estimate of drug-likeness (QED) is 0.370. The first-order valence-corrected chi connectivity index (χ1v) is 11.3. The Bertz CT molecular complexity index is 1090. The fourth-order valence-corrected chi connectivity index (χ4v) is 4.13. The molecular weight excluding hydrogens is 465 g/mol. The normalized spacial score (nSPS) is 12.9. The predicted molar refractivity (Wildman–Crippen MR) is 123 cm³/mol. The Labute approximate surface area is 201 Å². The molecule has 1 aliphatic rings. The van der Waals surface area contributed by atoms with Crippen LogP contribution in [0, 0.1) is 0 Å². The lowest BCUT2D eigenvalue weighted by Crippen LogP contribution is -2.32. The molecule has 0 radical (unpaired) electrons. The first kappa shape index (κ1) is 26.1. The molecule has 10 heteroatoms. The summed E-state index contributed by atoms with van der Waals surface area (Å²) >= 11 is 0. The summed E-state index contributed by atoms with van der Waals surface area (Å²) < 4.78 is 41.8. The summed E-state index contributed by atoms with van der Waals surface area (Å²) in [5.41, 5.74) is 2.60. The first-order valence-electron chi connectivity index (χ1n) is 11.3. The molecule has 1 heterocycles. The third kappa shape index (κ3) is 7.21. The van der Waals surface area contributed by atoms with Gasteiger partial charge in [-0.1, -0.05) is 18.2 Å². The highest BCUT2D eigenvalue weighted by molar-refractivity contribution is 5.98. The molecule has 35 heavy (non-hydrogen) atoms. The molecule has 0 saturated carbocycles.